The lowest BCUT2D eigenvalue weighted by atomic mass is 10.1. The van der Waals surface area contributed by atoms with Gasteiger partial charge in [0.25, 0.3) is 0 Å². The van der Waals surface area contributed by atoms with Gasteiger partial charge in [0.2, 0.25) is 0 Å². The van der Waals surface area contributed by atoms with Gasteiger partial charge in [0.1, 0.15) is 23.8 Å². The van der Waals surface area contributed by atoms with Crippen LogP contribution in [0.25, 0.3) is 11.1 Å². The quantitative estimate of drug-likeness (QED) is 0.786. The van der Waals surface area contributed by atoms with Crippen LogP contribution in [0.5, 0.6) is 5.75 Å². The summed E-state index contributed by atoms with van der Waals surface area (Å²) >= 11 is 1.17. The van der Waals surface area contributed by atoms with E-state index < -0.39 is 29.6 Å². The zero-order valence-corrected chi connectivity index (χ0v) is 12.9. The van der Waals surface area contributed by atoms with Gasteiger partial charge in [0, 0.05) is 29.8 Å². The van der Waals surface area contributed by atoms with Gasteiger partial charge < -0.3 is 20.1 Å². The highest BCUT2D eigenvalue weighted by molar-refractivity contribution is 7.99. The van der Waals surface area contributed by atoms with Crippen LogP contribution in [0, 0.1) is 5.82 Å². The fourth-order valence-corrected chi connectivity index (χ4v) is 3.49. The molecule has 2 heterocycles. The van der Waals surface area contributed by atoms with Gasteiger partial charge >= 0.3 is 0 Å². The van der Waals surface area contributed by atoms with Gasteiger partial charge in [-0.25, -0.2) is 4.39 Å². The summed E-state index contributed by atoms with van der Waals surface area (Å²) in [5, 5.41) is 29.4. The third-order valence-electron chi connectivity index (χ3n) is 3.63. The van der Waals surface area contributed by atoms with Crippen LogP contribution in [0.2, 0.25) is 0 Å². The van der Waals surface area contributed by atoms with E-state index in [1.165, 1.54) is 23.9 Å². The van der Waals surface area contributed by atoms with Crippen molar-refractivity contribution >= 4 is 11.8 Å². The first-order valence-corrected chi connectivity index (χ1v) is 8.13. The molecule has 0 radical (unpaired) electrons. The highest BCUT2D eigenvalue weighted by Gasteiger charge is 2.38. The van der Waals surface area contributed by atoms with Crippen molar-refractivity contribution in [3.05, 3.63) is 48.5 Å². The number of pyridine rings is 1. The summed E-state index contributed by atoms with van der Waals surface area (Å²) in [4.78, 5) is 3.94. The van der Waals surface area contributed by atoms with Crippen molar-refractivity contribution in [2.24, 2.45) is 0 Å². The van der Waals surface area contributed by atoms with E-state index in [0.29, 0.717) is 5.56 Å². The van der Waals surface area contributed by atoms with Crippen LogP contribution in [0.1, 0.15) is 0 Å². The molecule has 4 atom stereocenters. The lowest BCUT2D eigenvalue weighted by Crippen LogP contribution is -2.50. The van der Waals surface area contributed by atoms with Crippen molar-refractivity contribution in [2.75, 3.05) is 5.75 Å². The zero-order valence-electron chi connectivity index (χ0n) is 12.0. The molecule has 23 heavy (non-hydrogen) atoms. The zero-order chi connectivity index (χ0) is 16.4. The Labute approximate surface area is 136 Å². The van der Waals surface area contributed by atoms with Gasteiger partial charge in [-0.15, -0.1) is 11.8 Å². The van der Waals surface area contributed by atoms with Gasteiger partial charge in [-0.05, 0) is 29.8 Å². The second-order valence-corrected chi connectivity index (χ2v) is 6.38. The number of halogens is 1. The van der Waals surface area contributed by atoms with Crippen molar-refractivity contribution in [3.63, 3.8) is 0 Å². The topological polar surface area (TPSA) is 82.8 Å². The summed E-state index contributed by atoms with van der Waals surface area (Å²) in [6.45, 7) is 0. The van der Waals surface area contributed by atoms with E-state index in [9.17, 15) is 19.7 Å². The molecule has 0 unspecified atom stereocenters. The average Bonchev–Trinajstić information content (AvgIpc) is 2.56. The Hall–Kier alpha value is -1.67. The molecular weight excluding hydrogens is 321 g/mol. The maximum atomic E-state index is 13.6. The molecule has 1 fully saturated rings. The van der Waals surface area contributed by atoms with E-state index in [4.69, 9.17) is 4.74 Å². The second-order valence-electron chi connectivity index (χ2n) is 5.24. The van der Waals surface area contributed by atoms with E-state index >= 15 is 0 Å². The monoisotopic (exact) mass is 337 g/mol. The molecule has 1 saturated heterocycles. The minimum absolute atomic E-state index is 0.225. The number of hydrogen-bond acceptors (Lipinski definition) is 6. The maximum Gasteiger partial charge on any atom is 0.173 e. The van der Waals surface area contributed by atoms with Gasteiger partial charge in [-0.2, -0.15) is 0 Å². The number of rotatable bonds is 3. The smallest absolute Gasteiger partial charge is 0.173 e. The highest BCUT2D eigenvalue weighted by Crippen LogP contribution is 2.35. The molecule has 0 aliphatic carbocycles. The number of ether oxygens (including phenoxy) is 1. The van der Waals surface area contributed by atoms with E-state index in [1.54, 1.807) is 30.6 Å². The number of aromatic nitrogens is 1. The molecule has 1 aliphatic heterocycles. The molecule has 1 aromatic carbocycles. The Morgan fingerprint density at radius 2 is 1.83 bits per heavy atom. The Morgan fingerprint density at radius 3 is 2.57 bits per heavy atom. The molecule has 5 nitrogen and oxygen atoms in total. The largest absolute Gasteiger partial charge is 0.476 e. The summed E-state index contributed by atoms with van der Waals surface area (Å²) in [6.07, 6.45) is -0.335. The molecule has 122 valence electrons. The van der Waals surface area contributed by atoms with Crippen molar-refractivity contribution in [2.45, 2.75) is 23.7 Å². The first-order chi connectivity index (χ1) is 11.1. The van der Waals surface area contributed by atoms with Crippen LogP contribution < -0.4 is 4.74 Å². The molecular formula is C16H16FNO4S. The molecule has 3 N–H and O–H groups in total. The molecule has 7 heteroatoms. The van der Waals surface area contributed by atoms with Crippen LogP contribution in [-0.4, -0.2) is 49.8 Å². The molecule has 2 aromatic rings. The lowest BCUT2D eigenvalue weighted by molar-refractivity contribution is -0.0785. The summed E-state index contributed by atoms with van der Waals surface area (Å²) in [5.41, 5.74) is 0.656. The molecule has 0 bridgehead atoms. The van der Waals surface area contributed by atoms with Gasteiger partial charge in [0.15, 0.2) is 5.44 Å². The van der Waals surface area contributed by atoms with E-state index in [0.717, 1.165) is 5.56 Å². The molecule has 0 saturated carbocycles. The van der Waals surface area contributed by atoms with E-state index in [2.05, 4.69) is 4.98 Å². The predicted molar refractivity (Wildman–Crippen MR) is 84.5 cm³/mol. The summed E-state index contributed by atoms with van der Waals surface area (Å²) in [7, 11) is 0. The molecule has 1 aliphatic rings. The van der Waals surface area contributed by atoms with Crippen molar-refractivity contribution in [1.29, 1.82) is 0 Å². The number of aliphatic hydroxyl groups excluding tert-OH is 3. The number of hydrogen-bond donors (Lipinski definition) is 3. The number of aliphatic hydroxyl groups is 3. The first kappa shape index (κ1) is 16.2. The first-order valence-electron chi connectivity index (χ1n) is 7.08. The van der Waals surface area contributed by atoms with Gasteiger partial charge in [-0.1, -0.05) is 0 Å². The van der Waals surface area contributed by atoms with Crippen LogP contribution >= 0.6 is 11.8 Å². The lowest BCUT2D eigenvalue weighted by Gasteiger charge is -2.34. The van der Waals surface area contributed by atoms with Crippen LogP contribution in [0.3, 0.4) is 0 Å². The second kappa shape index (κ2) is 6.84. The third kappa shape index (κ3) is 3.48. The minimum atomic E-state index is -1.29. The van der Waals surface area contributed by atoms with Crippen molar-refractivity contribution in [1.82, 2.24) is 4.98 Å². The predicted octanol–water partition coefficient (Wildman–Crippen LogP) is 1.42. The number of thioether (sulfide) groups is 1. The van der Waals surface area contributed by atoms with Gasteiger partial charge in [0.05, 0.1) is 6.10 Å². The Bertz CT molecular complexity index is 672. The van der Waals surface area contributed by atoms with E-state index in [-0.39, 0.29) is 11.5 Å². The summed E-state index contributed by atoms with van der Waals surface area (Å²) in [5.74, 6) is 0.0213. The third-order valence-corrected chi connectivity index (χ3v) is 4.87. The molecule has 0 spiro atoms. The van der Waals surface area contributed by atoms with Gasteiger partial charge in [-0.3, -0.25) is 4.98 Å². The summed E-state index contributed by atoms with van der Waals surface area (Å²) in [6, 6.07) is 7.68. The number of nitrogens with zero attached hydrogens (tertiary/aromatic N) is 1. The Kier molecular flexibility index (Phi) is 4.82. The highest BCUT2D eigenvalue weighted by atomic mass is 32.2. The van der Waals surface area contributed by atoms with E-state index in [1.807, 2.05) is 0 Å². The normalized spacial score (nSPS) is 27.7. The molecule has 1 aromatic heterocycles. The van der Waals surface area contributed by atoms with Crippen molar-refractivity contribution in [3.8, 4) is 16.9 Å². The minimum Gasteiger partial charge on any atom is -0.476 e. The molecule has 0 amide bonds. The molecule has 3 rings (SSSR count). The van der Waals surface area contributed by atoms with Crippen LogP contribution in [0.4, 0.5) is 4.39 Å². The van der Waals surface area contributed by atoms with Crippen LogP contribution in [-0.2, 0) is 0 Å². The SMILES string of the molecule is O[C@@H]1[C@@H](O)[C@H](Oc2cc(F)ccc2-c2ccncc2)SC[C@H]1O. The fraction of sp³-hybridized carbons (Fsp3) is 0.312. The standard InChI is InChI=1S/C16H16FNO4S/c17-10-1-2-11(9-3-5-18-6-4-9)13(7-10)22-16-15(21)14(20)12(19)8-23-16/h1-7,12,14-16,19-21H,8H2/t12-,14+,15-,16-/m1/s1. The Balaban J connectivity index is 1.89. The number of benzene rings is 1. The fourth-order valence-electron chi connectivity index (χ4n) is 2.37. The maximum absolute atomic E-state index is 13.6. The van der Waals surface area contributed by atoms with Crippen LogP contribution in [0.15, 0.2) is 42.7 Å². The average molecular weight is 337 g/mol. The van der Waals surface area contributed by atoms with Crippen molar-refractivity contribution < 1.29 is 24.4 Å². The Morgan fingerprint density at radius 1 is 1.09 bits per heavy atom. The summed E-state index contributed by atoms with van der Waals surface area (Å²) < 4.78 is 19.3.